The summed E-state index contributed by atoms with van der Waals surface area (Å²) in [5.41, 5.74) is 0.869. The van der Waals surface area contributed by atoms with Gasteiger partial charge in [-0.2, -0.15) is 0 Å². The molecule has 1 aromatic carbocycles. The molecule has 1 aromatic rings. The van der Waals surface area contributed by atoms with Crippen molar-refractivity contribution in [3.63, 3.8) is 0 Å². The zero-order chi connectivity index (χ0) is 18.5. The van der Waals surface area contributed by atoms with E-state index in [1.54, 1.807) is 18.2 Å². The minimum absolute atomic E-state index is 0. The van der Waals surface area contributed by atoms with Crippen molar-refractivity contribution < 1.29 is 51.5 Å². The molecule has 0 bridgehead atoms. The van der Waals surface area contributed by atoms with Crippen LogP contribution in [0.5, 0.6) is 0 Å². The maximum atomic E-state index is 11.8. The Morgan fingerprint density at radius 3 is 1.96 bits per heavy atom. The maximum Gasteiger partial charge on any atom is 1.00 e. The van der Waals surface area contributed by atoms with Crippen molar-refractivity contribution in [2.75, 3.05) is 0 Å². The average molecular weight is 392 g/mol. The van der Waals surface area contributed by atoms with E-state index in [2.05, 4.69) is 11.1 Å². The summed E-state index contributed by atoms with van der Waals surface area (Å²) in [7, 11) is -5.03. The Labute approximate surface area is 180 Å². The predicted molar refractivity (Wildman–Crippen MR) is 97.1 cm³/mol. The molecule has 26 heavy (non-hydrogen) atoms. The van der Waals surface area contributed by atoms with E-state index >= 15 is 0 Å². The van der Waals surface area contributed by atoms with Crippen LogP contribution in [0.2, 0.25) is 0 Å². The number of carbonyl (C=O) groups excluding carboxylic acids is 1. The van der Waals surface area contributed by atoms with Gasteiger partial charge in [-0.25, -0.2) is 13.2 Å². The Balaban J connectivity index is 0.00000625. The van der Waals surface area contributed by atoms with Crippen LogP contribution < -0.4 is 29.6 Å². The Bertz CT molecular complexity index is 616. The number of unbranched alkanes of at least 4 members (excludes halogenated alkanes) is 9. The predicted octanol–water partition coefficient (Wildman–Crippen LogP) is 1.77. The van der Waals surface area contributed by atoms with Crippen LogP contribution in [0, 0.1) is 0 Å². The van der Waals surface area contributed by atoms with Gasteiger partial charge in [-0.3, -0.25) is 0 Å². The van der Waals surface area contributed by atoms with Crippen LogP contribution in [0.25, 0.3) is 0 Å². The standard InChI is InChI=1S/C19H30O5S.Na/c1-2-3-4-5-6-7-8-9-10-11-14-17-15-12-13-16-18(17)19(20)24-25(21,22)23;/h12-13,15-16H,2-11,14H2,1H3,(H,21,22,23);/q;+1/p-1. The van der Waals surface area contributed by atoms with Crippen LogP contribution in [0.1, 0.15) is 87.1 Å². The van der Waals surface area contributed by atoms with Gasteiger partial charge in [0.2, 0.25) is 0 Å². The molecule has 0 aliphatic rings. The largest absolute Gasteiger partial charge is 1.00 e. The van der Waals surface area contributed by atoms with Crippen LogP contribution in [0.3, 0.4) is 0 Å². The summed E-state index contributed by atoms with van der Waals surface area (Å²) in [6.07, 6.45) is 12.9. The molecule has 0 aliphatic carbocycles. The Morgan fingerprint density at radius 2 is 1.42 bits per heavy atom. The summed E-state index contributed by atoms with van der Waals surface area (Å²) in [5.74, 6) is -1.10. The first-order valence-electron chi connectivity index (χ1n) is 9.21. The minimum Gasteiger partial charge on any atom is -0.716 e. The molecule has 5 nitrogen and oxygen atoms in total. The minimum atomic E-state index is -5.03. The topological polar surface area (TPSA) is 83.5 Å². The smallest absolute Gasteiger partial charge is 0.716 e. The van der Waals surface area contributed by atoms with Crippen LogP contribution >= 0.6 is 0 Å². The van der Waals surface area contributed by atoms with E-state index in [0.717, 1.165) is 24.8 Å². The molecule has 0 aromatic heterocycles. The fourth-order valence-electron chi connectivity index (χ4n) is 2.88. The molecule has 1 rings (SSSR count). The van der Waals surface area contributed by atoms with Crippen molar-refractivity contribution >= 4 is 16.4 Å². The molecule has 0 atom stereocenters. The maximum absolute atomic E-state index is 11.8. The second-order valence-electron chi connectivity index (χ2n) is 6.37. The van der Waals surface area contributed by atoms with Crippen LogP contribution in [-0.2, 0) is 21.0 Å². The number of hydrogen-bond donors (Lipinski definition) is 0. The molecule has 7 heteroatoms. The van der Waals surface area contributed by atoms with Gasteiger partial charge in [-0.15, -0.1) is 0 Å². The van der Waals surface area contributed by atoms with Gasteiger partial charge in [-0.05, 0) is 24.5 Å². The van der Waals surface area contributed by atoms with E-state index in [9.17, 15) is 17.8 Å². The van der Waals surface area contributed by atoms with Crippen molar-refractivity contribution in [3.8, 4) is 0 Å². The molecule has 0 saturated carbocycles. The summed E-state index contributed by atoms with van der Waals surface area (Å²) < 4.78 is 35.7. The zero-order valence-electron chi connectivity index (χ0n) is 16.0. The van der Waals surface area contributed by atoms with Crippen LogP contribution in [0.4, 0.5) is 0 Å². The van der Waals surface area contributed by atoms with E-state index in [1.807, 2.05) is 0 Å². The quantitative estimate of drug-likeness (QED) is 0.221. The number of rotatable bonds is 13. The molecular formula is C19H29NaO5S. The van der Waals surface area contributed by atoms with Gasteiger partial charge in [0.25, 0.3) is 10.4 Å². The fraction of sp³-hybridized carbons (Fsp3) is 0.632. The molecule has 0 spiro atoms. The van der Waals surface area contributed by atoms with E-state index in [0.29, 0.717) is 6.42 Å². The molecule has 0 radical (unpaired) electrons. The summed E-state index contributed by atoms with van der Waals surface area (Å²) >= 11 is 0. The zero-order valence-corrected chi connectivity index (χ0v) is 18.9. The van der Waals surface area contributed by atoms with Crippen LogP contribution in [-0.4, -0.2) is 18.9 Å². The molecule has 0 N–H and O–H groups in total. The van der Waals surface area contributed by atoms with Gasteiger partial charge in [0.15, 0.2) is 0 Å². The van der Waals surface area contributed by atoms with Gasteiger partial charge in [0, 0.05) is 0 Å². The first-order chi connectivity index (χ1) is 11.9. The SMILES string of the molecule is CCCCCCCCCCCCc1ccccc1C(=O)OS(=O)(=O)[O-].[Na+]. The second kappa shape index (κ2) is 14.6. The third-order valence-corrected chi connectivity index (χ3v) is 4.57. The van der Waals surface area contributed by atoms with Crippen molar-refractivity contribution in [2.24, 2.45) is 0 Å². The average Bonchev–Trinajstić information content (AvgIpc) is 2.55. The first-order valence-corrected chi connectivity index (χ1v) is 10.5. The number of aryl methyl sites for hydroxylation is 1. The van der Waals surface area contributed by atoms with Gasteiger partial charge < -0.3 is 8.74 Å². The molecular weight excluding hydrogens is 363 g/mol. The third-order valence-electron chi connectivity index (χ3n) is 4.21. The third kappa shape index (κ3) is 12.1. The monoisotopic (exact) mass is 392 g/mol. The van der Waals surface area contributed by atoms with Gasteiger partial charge in [0.1, 0.15) is 0 Å². The second-order valence-corrected chi connectivity index (χ2v) is 7.35. The van der Waals surface area contributed by atoms with Gasteiger partial charge in [-0.1, -0.05) is 82.9 Å². The van der Waals surface area contributed by atoms with Crippen molar-refractivity contribution in [1.82, 2.24) is 0 Å². The Morgan fingerprint density at radius 1 is 0.923 bits per heavy atom. The Hall–Kier alpha value is -0.400. The molecule has 0 amide bonds. The summed E-state index contributed by atoms with van der Waals surface area (Å²) in [6, 6.07) is 6.66. The van der Waals surface area contributed by atoms with Gasteiger partial charge in [0.05, 0.1) is 5.56 Å². The molecule has 0 heterocycles. The van der Waals surface area contributed by atoms with E-state index in [4.69, 9.17) is 0 Å². The molecule has 0 saturated heterocycles. The summed E-state index contributed by atoms with van der Waals surface area (Å²) in [4.78, 5) is 11.8. The summed E-state index contributed by atoms with van der Waals surface area (Å²) in [5, 5.41) is 0. The number of benzene rings is 1. The molecule has 0 unspecified atom stereocenters. The van der Waals surface area contributed by atoms with Crippen LogP contribution in [0.15, 0.2) is 24.3 Å². The molecule has 0 fully saturated rings. The van der Waals surface area contributed by atoms with Crippen molar-refractivity contribution in [3.05, 3.63) is 35.4 Å². The van der Waals surface area contributed by atoms with Gasteiger partial charge >= 0.3 is 35.5 Å². The van der Waals surface area contributed by atoms with E-state index in [1.165, 1.54) is 51.0 Å². The Kier molecular flexibility index (Phi) is 14.4. The molecule has 142 valence electrons. The number of hydrogen-bond acceptors (Lipinski definition) is 5. The first kappa shape index (κ1) is 25.6. The van der Waals surface area contributed by atoms with Crippen molar-refractivity contribution in [1.29, 1.82) is 0 Å². The van der Waals surface area contributed by atoms with Crippen molar-refractivity contribution in [2.45, 2.75) is 77.6 Å². The molecule has 0 aliphatic heterocycles. The fourth-order valence-corrected chi connectivity index (χ4v) is 3.15. The van der Waals surface area contributed by atoms with E-state index < -0.39 is 16.4 Å². The normalized spacial score (nSPS) is 11.0. The summed E-state index contributed by atoms with van der Waals surface area (Å²) in [6.45, 7) is 2.22. The number of carbonyl (C=O) groups is 1. The van der Waals surface area contributed by atoms with E-state index in [-0.39, 0.29) is 35.1 Å².